The molecule has 0 saturated carbocycles. The molecule has 29 heavy (non-hydrogen) atoms. The molecule has 2 aromatic rings. The Labute approximate surface area is 170 Å². The molecule has 6 heteroatoms. The van der Waals surface area contributed by atoms with Crippen LogP contribution in [0.15, 0.2) is 48.5 Å². The zero-order valence-corrected chi connectivity index (χ0v) is 16.7. The Hall–Kier alpha value is -2.89. The second-order valence-electron chi connectivity index (χ2n) is 7.68. The monoisotopic (exact) mass is 395 g/mol. The molecular formula is C23H26FN3O2. The largest absolute Gasteiger partial charge is 0.368 e. The van der Waals surface area contributed by atoms with Gasteiger partial charge in [-0.1, -0.05) is 25.1 Å². The van der Waals surface area contributed by atoms with Crippen LogP contribution >= 0.6 is 0 Å². The number of amides is 2. The number of para-hydroxylation sites is 1. The van der Waals surface area contributed by atoms with Crippen LogP contribution in [-0.4, -0.2) is 49.4 Å². The lowest BCUT2D eigenvalue weighted by molar-refractivity contribution is -0.136. The number of piperazine rings is 1. The molecule has 2 aliphatic rings. The molecule has 0 N–H and O–H groups in total. The number of anilines is 2. The summed E-state index contributed by atoms with van der Waals surface area (Å²) in [7, 11) is 0. The molecule has 0 bridgehead atoms. The lowest BCUT2D eigenvalue weighted by atomic mass is 10.1. The molecule has 2 aromatic carbocycles. The van der Waals surface area contributed by atoms with E-state index in [1.165, 1.54) is 12.1 Å². The van der Waals surface area contributed by atoms with Crippen molar-refractivity contribution in [3.63, 3.8) is 0 Å². The maximum Gasteiger partial charge on any atom is 0.228 e. The van der Waals surface area contributed by atoms with Crippen molar-refractivity contribution in [1.82, 2.24) is 4.90 Å². The summed E-state index contributed by atoms with van der Waals surface area (Å²) < 4.78 is 13.1. The van der Waals surface area contributed by atoms with E-state index in [0.717, 1.165) is 23.4 Å². The summed E-state index contributed by atoms with van der Waals surface area (Å²) in [4.78, 5) is 31.5. The SMILES string of the molecule is CCc1ccccc1N1CC(C(=O)N2CCN(c3ccc(F)cc3)CC2)CC1=O. The molecule has 2 heterocycles. The summed E-state index contributed by atoms with van der Waals surface area (Å²) in [5, 5.41) is 0. The molecule has 1 unspecified atom stereocenters. The molecule has 2 saturated heterocycles. The topological polar surface area (TPSA) is 43.9 Å². The van der Waals surface area contributed by atoms with Crippen LogP contribution in [0.5, 0.6) is 0 Å². The third-order valence-electron chi connectivity index (χ3n) is 5.92. The third-order valence-corrected chi connectivity index (χ3v) is 5.92. The molecule has 0 radical (unpaired) electrons. The minimum absolute atomic E-state index is 0.0224. The van der Waals surface area contributed by atoms with Gasteiger partial charge in [-0.2, -0.15) is 0 Å². The van der Waals surface area contributed by atoms with Crippen LogP contribution in [0.1, 0.15) is 18.9 Å². The smallest absolute Gasteiger partial charge is 0.228 e. The Morgan fingerprint density at radius 1 is 1.03 bits per heavy atom. The molecule has 4 rings (SSSR count). The van der Waals surface area contributed by atoms with Crippen LogP contribution in [0.3, 0.4) is 0 Å². The Morgan fingerprint density at radius 2 is 1.72 bits per heavy atom. The van der Waals surface area contributed by atoms with E-state index in [9.17, 15) is 14.0 Å². The Balaban J connectivity index is 1.38. The number of rotatable bonds is 4. The van der Waals surface area contributed by atoms with Gasteiger partial charge in [-0.25, -0.2) is 4.39 Å². The average molecular weight is 395 g/mol. The molecule has 2 aliphatic heterocycles. The summed E-state index contributed by atoms with van der Waals surface area (Å²) in [5.41, 5.74) is 3.02. The second-order valence-corrected chi connectivity index (χ2v) is 7.68. The summed E-state index contributed by atoms with van der Waals surface area (Å²) in [6.07, 6.45) is 1.12. The molecule has 2 fully saturated rings. The first-order valence-electron chi connectivity index (χ1n) is 10.2. The highest BCUT2D eigenvalue weighted by molar-refractivity contribution is 6.00. The molecule has 152 valence electrons. The van der Waals surface area contributed by atoms with Crippen molar-refractivity contribution in [3.8, 4) is 0 Å². The number of nitrogens with zero attached hydrogens (tertiary/aromatic N) is 3. The quantitative estimate of drug-likeness (QED) is 0.799. The number of aryl methyl sites for hydroxylation is 1. The van der Waals surface area contributed by atoms with Gasteiger partial charge in [0.2, 0.25) is 11.8 Å². The molecule has 0 spiro atoms. The minimum atomic E-state index is -0.287. The Morgan fingerprint density at radius 3 is 2.41 bits per heavy atom. The van der Waals surface area contributed by atoms with Crippen molar-refractivity contribution < 1.29 is 14.0 Å². The first kappa shape index (κ1) is 19.4. The molecule has 0 aromatic heterocycles. The van der Waals surface area contributed by atoms with Crippen LogP contribution in [0, 0.1) is 11.7 Å². The van der Waals surface area contributed by atoms with Crippen molar-refractivity contribution in [2.75, 3.05) is 42.5 Å². The summed E-state index contributed by atoms with van der Waals surface area (Å²) in [6.45, 7) is 5.18. The first-order valence-corrected chi connectivity index (χ1v) is 10.2. The van der Waals surface area contributed by atoms with E-state index >= 15 is 0 Å². The molecule has 2 amide bonds. The zero-order valence-electron chi connectivity index (χ0n) is 16.7. The van der Waals surface area contributed by atoms with Gasteiger partial charge in [0.1, 0.15) is 5.82 Å². The lowest BCUT2D eigenvalue weighted by Crippen LogP contribution is -2.50. The van der Waals surface area contributed by atoms with Crippen molar-refractivity contribution >= 4 is 23.2 Å². The fourth-order valence-electron chi connectivity index (χ4n) is 4.27. The number of hydrogen-bond donors (Lipinski definition) is 0. The number of carbonyl (C=O) groups excluding carboxylic acids is 2. The minimum Gasteiger partial charge on any atom is -0.368 e. The zero-order chi connectivity index (χ0) is 20.4. The summed E-state index contributed by atoms with van der Waals surface area (Å²) in [6, 6.07) is 14.4. The fraction of sp³-hybridized carbons (Fsp3) is 0.391. The van der Waals surface area contributed by atoms with Crippen LogP contribution in [0.25, 0.3) is 0 Å². The van der Waals surface area contributed by atoms with Crippen molar-refractivity contribution in [3.05, 3.63) is 59.9 Å². The maximum absolute atomic E-state index is 13.1. The molecule has 0 aliphatic carbocycles. The number of hydrogen-bond acceptors (Lipinski definition) is 3. The Kier molecular flexibility index (Phi) is 5.51. The van der Waals surface area contributed by atoms with Crippen molar-refractivity contribution in [1.29, 1.82) is 0 Å². The molecule has 5 nitrogen and oxygen atoms in total. The second kappa shape index (κ2) is 8.23. The van der Waals surface area contributed by atoms with E-state index < -0.39 is 0 Å². The number of carbonyl (C=O) groups is 2. The highest BCUT2D eigenvalue weighted by atomic mass is 19.1. The van der Waals surface area contributed by atoms with Gasteiger partial charge in [-0.05, 0) is 42.3 Å². The van der Waals surface area contributed by atoms with E-state index in [0.29, 0.717) is 32.7 Å². The van der Waals surface area contributed by atoms with E-state index in [1.54, 1.807) is 17.0 Å². The van der Waals surface area contributed by atoms with Crippen LogP contribution in [-0.2, 0) is 16.0 Å². The number of benzene rings is 2. The fourth-order valence-corrected chi connectivity index (χ4v) is 4.27. The average Bonchev–Trinajstić information content (AvgIpc) is 3.15. The predicted molar refractivity (Wildman–Crippen MR) is 111 cm³/mol. The van der Waals surface area contributed by atoms with Gasteiger partial charge in [-0.3, -0.25) is 9.59 Å². The van der Waals surface area contributed by atoms with E-state index in [-0.39, 0.29) is 30.0 Å². The van der Waals surface area contributed by atoms with Crippen LogP contribution in [0.4, 0.5) is 15.8 Å². The standard InChI is InChI=1S/C23H26FN3O2/c1-2-17-5-3-4-6-21(17)27-16-18(15-22(27)28)23(29)26-13-11-25(12-14-26)20-9-7-19(24)8-10-20/h3-10,18H,2,11-16H2,1H3. The predicted octanol–water partition coefficient (Wildman–Crippen LogP) is 3.09. The van der Waals surface area contributed by atoms with Gasteiger partial charge in [0.15, 0.2) is 0 Å². The van der Waals surface area contributed by atoms with E-state index in [4.69, 9.17) is 0 Å². The third kappa shape index (κ3) is 3.97. The Bertz CT molecular complexity index is 891. The van der Waals surface area contributed by atoms with Gasteiger partial charge in [0, 0.05) is 50.5 Å². The van der Waals surface area contributed by atoms with Crippen molar-refractivity contribution in [2.45, 2.75) is 19.8 Å². The van der Waals surface area contributed by atoms with Crippen LogP contribution < -0.4 is 9.80 Å². The summed E-state index contributed by atoms with van der Waals surface area (Å²) >= 11 is 0. The highest BCUT2D eigenvalue weighted by Crippen LogP contribution is 2.30. The van der Waals surface area contributed by atoms with Crippen molar-refractivity contribution in [2.24, 2.45) is 5.92 Å². The van der Waals surface area contributed by atoms with Gasteiger partial charge in [0.05, 0.1) is 5.92 Å². The normalized spacial score (nSPS) is 19.7. The number of halogens is 1. The van der Waals surface area contributed by atoms with E-state index in [1.807, 2.05) is 29.2 Å². The first-order chi connectivity index (χ1) is 14.1. The van der Waals surface area contributed by atoms with E-state index in [2.05, 4.69) is 11.8 Å². The van der Waals surface area contributed by atoms with Gasteiger partial charge < -0.3 is 14.7 Å². The lowest BCUT2D eigenvalue weighted by Gasteiger charge is -2.37. The highest BCUT2D eigenvalue weighted by Gasteiger charge is 2.38. The van der Waals surface area contributed by atoms with Gasteiger partial charge >= 0.3 is 0 Å². The van der Waals surface area contributed by atoms with Crippen LogP contribution in [0.2, 0.25) is 0 Å². The maximum atomic E-state index is 13.1. The van der Waals surface area contributed by atoms with Gasteiger partial charge in [0.25, 0.3) is 0 Å². The molecule has 1 atom stereocenters. The molecular weight excluding hydrogens is 369 g/mol. The van der Waals surface area contributed by atoms with Gasteiger partial charge in [-0.15, -0.1) is 0 Å². The summed E-state index contributed by atoms with van der Waals surface area (Å²) in [5.74, 6) is -0.449.